The molecular weight excluding hydrogens is 232 g/mol. The van der Waals surface area contributed by atoms with Crippen molar-refractivity contribution in [2.45, 2.75) is 51.4 Å². The van der Waals surface area contributed by atoms with Gasteiger partial charge < -0.3 is 9.26 Å². The number of rotatable bonds is 4. The molecule has 0 aliphatic heterocycles. The lowest BCUT2D eigenvalue weighted by Crippen LogP contribution is -2.14. The third kappa shape index (κ3) is 3.09. The molecule has 2 unspecified atom stereocenters. The predicted molar refractivity (Wildman–Crippen MR) is 65.0 cm³/mol. The van der Waals surface area contributed by atoms with Gasteiger partial charge in [-0.1, -0.05) is 31.3 Å². The van der Waals surface area contributed by atoms with E-state index < -0.39 is 0 Å². The second kappa shape index (κ2) is 5.98. The first-order valence-electron chi connectivity index (χ1n) is 6.62. The summed E-state index contributed by atoms with van der Waals surface area (Å²) in [6, 6.07) is 0. The van der Waals surface area contributed by atoms with Crippen LogP contribution >= 0.6 is 0 Å². The zero-order chi connectivity index (χ0) is 13.0. The maximum Gasteiger partial charge on any atom is 0.315 e. The third-order valence-corrected chi connectivity index (χ3v) is 3.73. The molecule has 2 atom stereocenters. The molecule has 1 aliphatic carbocycles. The molecule has 2 rings (SSSR count). The second-order valence-electron chi connectivity index (χ2n) is 4.94. The number of carbonyl (C=O) groups is 1. The van der Waals surface area contributed by atoms with E-state index in [1.54, 1.807) is 0 Å². The van der Waals surface area contributed by atoms with Crippen LogP contribution in [0.5, 0.6) is 0 Å². The first-order valence-corrected chi connectivity index (χ1v) is 6.62. The molecule has 0 radical (unpaired) electrons. The maximum atomic E-state index is 11.1. The number of hydrogen-bond donors (Lipinski definition) is 0. The van der Waals surface area contributed by atoms with Crippen molar-refractivity contribution in [3.8, 4) is 0 Å². The fourth-order valence-corrected chi connectivity index (χ4v) is 2.60. The Morgan fingerprint density at radius 2 is 2.33 bits per heavy atom. The molecule has 1 aliphatic rings. The average Bonchev–Trinajstić information content (AvgIpc) is 2.87. The number of methoxy groups -OCH3 is 1. The van der Waals surface area contributed by atoms with Gasteiger partial charge in [-0.05, 0) is 18.8 Å². The van der Waals surface area contributed by atoms with E-state index in [-0.39, 0.29) is 12.4 Å². The summed E-state index contributed by atoms with van der Waals surface area (Å²) >= 11 is 0. The lowest BCUT2D eigenvalue weighted by Gasteiger charge is -2.26. The van der Waals surface area contributed by atoms with Crippen LogP contribution in [0.1, 0.15) is 56.7 Å². The molecule has 0 N–H and O–H groups in total. The molecule has 0 amide bonds. The Bertz CT molecular complexity index is 403. The van der Waals surface area contributed by atoms with E-state index in [0.29, 0.717) is 11.8 Å². The summed E-state index contributed by atoms with van der Waals surface area (Å²) in [4.78, 5) is 15.4. The lowest BCUT2D eigenvalue weighted by molar-refractivity contribution is -0.140. The summed E-state index contributed by atoms with van der Waals surface area (Å²) in [6.45, 7) is 2.23. The van der Waals surface area contributed by atoms with Crippen molar-refractivity contribution < 1.29 is 14.1 Å². The van der Waals surface area contributed by atoms with Crippen LogP contribution < -0.4 is 0 Å². The molecule has 18 heavy (non-hydrogen) atoms. The fraction of sp³-hybridized carbons (Fsp3) is 0.769. The van der Waals surface area contributed by atoms with Crippen LogP contribution in [0.2, 0.25) is 0 Å². The van der Waals surface area contributed by atoms with Crippen LogP contribution in [0.3, 0.4) is 0 Å². The molecule has 1 aromatic rings. The first kappa shape index (κ1) is 13.1. The van der Waals surface area contributed by atoms with Crippen molar-refractivity contribution in [3.63, 3.8) is 0 Å². The minimum atomic E-state index is -0.347. The second-order valence-corrected chi connectivity index (χ2v) is 4.94. The number of hydrogen-bond acceptors (Lipinski definition) is 5. The molecule has 0 bridgehead atoms. The van der Waals surface area contributed by atoms with Gasteiger partial charge in [0.05, 0.1) is 7.11 Å². The van der Waals surface area contributed by atoms with Gasteiger partial charge in [0.2, 0.25) is 5.89 Å². The molecule has 0 spiro atoms. The van der Waals surface area contributed by atoms with Gasteiger partial charge in [-0.15, -0.1) is 0 Å². The monoisotopic (exact) mass is 252 g/mol. The number of aromatic nitrogens is 2. The molecule has 0 saturated heterocycles. The van der Waals surface area contributed by atoms with Crippen molar-refractivity contribution in [2.75, 3.05) is 7.11 Å². The van der Waals surface area contributed by atoms with Crippen LogP contribution in [0.15, 0.2) is 4.52 Å². The highest BCUT2D eigenvalue weighted by atomic mass is 16.5. The Morgan fingerprint density at radius 3 is 3.06 bits per heavy atom. The minimum absolute atomic E-state index is 0.0629. The van der Waals surface area contributed by atoms with Crippen molar-refractivity contribution in [1.82, 2.24) is 10.1 Å². The zero-order valence-electron chi connectivity index (χ0n) is 11.0. The minimum Gasteiger partial charge on any atom is -0.469 e. The van der Waals surface area contributed by atoms with Gasteiger partial charge in [0.15, 0.2) is 5.82 Å². The Kier molecular flexibility index (Phi) is 4.33. The highest BCUT2D eigenvalue weighted by Gasteiger charge is 2.26. The highest BCUT2D eigenvalue weighted by Crippen LogP contribution is 2.36. The number of ether oxygens (including phenoxy) is 1. The predicted octanol–water partition coefficient (Wildman–Crippen LogP) is 2.47. The molecule has 1 saturated carbocycles. The molecule has 100 valence electrons. The van der Waals surface area contributed by atoms with Gasteiger partial charge in [-0.3, -0.25) is 4.79 Å². The third-order valence-electron chi connectivity index (χ3n) is 3.73. The molecule has 1 aromatic heterocycles. The molecule has 5 nitrogen and oxygen atoms in total. The van der Waals surface area contributed by atoms with Crippen LogP contribution in [-0.4, -0.2) is 23.2 Å². The van der Waals surface area contributed by atoms with Crippen molar-refractivity contribution in [3.05, 3.63) is 11.7 Å². The molecule has 5 heteroatoms. The normalized spacial score (nSPS) is 23.9. The molecule has 1 heterocycles. The van der Waals surface area contributed by atoms with Crippen LogP contribution in [0, 0.1) is 5.92 Å². The van der Waals surface area contributed by atoms with E-state index in [4.69, 9.17) is 4.52 Å². The fourth-order valence-electron chi connectivity index (χ4n) is 2.60. The van der Waals surface area contributed by atoms with E-state index in [2.05, 4.69) is 21.8 Å². The Labute approximate surface area is 107 Å². The van der Waals surface area contributed by atoms with Crippen molar-refractivity contribution in [2.24, 2.45) is 5.92 Å². The van der Waals surface area contributed by atoms with Crippen LogP contribution in [-0.2, 0) is 16.0 Å². The number of carbonyl (C=O) groups excluding carboxylic acids is 1. The average molecular weight is 252 g/mol. The summed E-state index contributed by atoms with van der Waals surface area (Å²) < 4.78 is 9.67. The van der Waals surface area contributed by atoms with Gasteiger partial charge >= 0.3 is 5.97 Å². The van der Waals surface area contributed by atoms with Gasteiger partial charge in [0.25, 0.3) is 0 Å². The summed E-state index contributed by atoms with van der Waals surface area (Å²) in [6.07, 6.45) is 6.06. The maximum absolute atomic E-state index is 11.1. The van der Waals surface area contributed by atoms with Crippen molar-refractivity contribution >= 4 is 5.97 Å². The van der Waals surface area contributed by atoms with Crippen LogP contribution in [0.25, 0.3) is 0 Å². The Morgan fingerprint density at radius 1 is 1.50 bits per heavy atom. The van der Waals surface area contributed by atoms with Gasteiger partial charge in [-0.2, -0.15) is 4.98 Å². The topological polar surface area (TPSA) is 65.2 Å². The number of nitrogens with zero attached hydrogens (tertiary/aromatic N) is 2. The van der Waals surface area contributed by atoms with E-state index in [0.717, 1.165) is 24.6 Å². The first-order chi connectivity index (χ1) is 8.72. The summed E-state index contributed by atoms with van der Waals surface area (Å²) in [5.41, 5.74) is 0. The smallest absolute Gasteiger partial charge is 0.315 e. The summed E-state index contributed by atoms with van der Waals surface area (Å²) in [5, 5.41) is 4.00. The van der Waals surface area contributed by atoms with Gasteiger partial charge in [-0.25, -0.2) is 0 Å². The lowest BCUT2D eigenvalue weighted by atomic mass is 9.80. The summed E-state index contributed by atoms with van der Waals surface area (Å²) in [7, 11) is 1.35. The van der Waals surface area contributed by atoms with Gasteiger partial charge in [0, 0.05) is 5.92 Å². The number of esters is 1. The Hall–Kier alpha value is -1.39. The zero-order valence-corrected chi connectivity index (χ0v) is 11.0. The van der Waals surface area contributed by atoms with Crippen LogP contribution in [0.4, 0.5) is 0 Å². The molecule has 1 fully saturated rings. The van der Waals surface area contributed by atoms with E-state index in [9.17, 15) is 4.79 Å². The standard InChI is InChI=1S/C13H20N2O3/c1-3-9-5-4-6-10(7-9)13-14-11(18-15-13)8-12(16)17-2/h9-10H,3-8H2,1-2H3. The van der Waals surface area contributed by atoms with Crippen molar-refractivity contribution in [1.29, 1.82) is 0 Å². The summed E-state index contributed by atoms with van der Waals surface area (Å²) in [5.74, 6) is 1.92. The highest BCUT2D eigenvalue weighted by molar-refractivity contribution is 5.71. The Balaban J connectivity index is 1.98. The molecular formula is C13H20N2O3. The quantitative estimate of drug-likeness (QED) is 0.770. The van der Waals surface area contributed by atoms with Gasteiger partial charge in [0.1, 0.15) is 6.42 Å². The largest absolute Gasteiger partial charge is 0.469 e. The van der Waals surface area contributed by atoms with E-state index in [1.807, 2.05) is 0 Å². The molecule has 0 aromatic carbocycles. The van der Waals surface area contributed by atoms with E-state index >= 15 is 0 Å². The SMILES string of the molecule is CCC1CCCC(c2noc(CC(=O)OC)n2)C1. The van der Waals surface area contributed by atoms with E-state index in [1.165, 1.54) is 26.4 Å².